The molecule has 0 saturated carbocycles. The van der Waals surface area contributed by atoms with Crippen LogP contribution in [0.4, 0.5) is 5.69 Å². The maximum Gasteiger partial charge on any atom is 0.329 e. The lowest BCUT2D eigenvalue weighted by molar-refractivity contribution is -0.146. The molecule has 0 aliphatic rings. The van der Waals surface area contributed by atoms with Gasteiger partial charge in [0.05, 0.1) is 23.2 Å². The van der Waals surface area contributed by atoms with E-state index in [0.717, 1.165) is 5.56 Å². The standard InChI is InChI=1S/C24H20N4O6/c1-14-7-9-32-22(14)24(31)27-17-4-3-5-18(11-17)33-19-6-8-25-21(12-19)20-10-16(13-26-20)23(30)28-34-15(2)29/h3-13,26H,1-2H3,(H,27,31)(H,28,30). The van der Waals surface area contributed by atoms with Crippen LogP contribution >= 0.6 is 0 Å². The topological polar surface area (TPSA) is 136 Å². The number of furan rings is 1. The molecule has 0 bridgehead atoms. The molecule has 3 N–H and O–H groups in total. The number of aromatic amines is 1. The molecule has 0 spiro atoms. The number of hydroxylamine groups is 1. The zero-order valence-electron chi connectivity index (χ0n) is 18.2. The second kappa shape index (κ2) is 9.74. The lowest BCUT2D eigenvalue weighted by Crippen LogP contribution is -2.25. The van der Waals surface area contributed by atoms with Crippen molar-refractivity contribution in [3.8, 4) is 22.9 Å². The summed E-state index contributed by atoms with van der Waals surface area (Å²) in [5.74, 6) is -0.318. The van der Waals surface area contributed by atoms with Gasteiger partial charge in [-0.05, 0) is 37.3 Å². The van der Waals surface area contributed by atoms with Crippen LogP contribution < -0.4 is 15.5 Å². The number of ether oxygens (including phenoxy) is 1. The minimum Gasteiger partial charge on any atom is -0.459 e. The number of hydrogen-bond donors (Lipinski definition) is 3. The smallest absolute Gasteiger partial charge is 0.329 e. The van der Waals surface area contributed by atoms with Crippen LogP contribution in [0.5, 0.6) is 11.5 Å². The third-order valence-corrected chi connectivity index (χ3v) is 4.64. The second-order valence-electron chi connectivity index (χ2n) is 7.22. The zero-order valence-corrected chi connectivity index (χ0v) is 18.2. The van der Waals surface area contributed by atoms with E-state index in [-0.39, 0.29) is 17.2 Å². The van der Waals surface area contributed by atoms with Crippen LogP contribution in [0.25, 0.3) is 11.4 Å². The number of carbonyl (C=O) groups excluding carboxylic acids is 3. The van der Waals surface area contributed by atoms with Gasteiger partial charge in [0.1, 0.15) is 11.5 Å². The van der Waals surface area contributed by atoms with Crippen LogP contribution in [0.2, 0.25) is 0 Å². The van der Waals surface area contributed by atoms with Gasteiger partial charge in [0.2, 0.25) is 0 Å². The highest BCUT2D eigenvalue weighted by Crippen LogP contribution is 2.27. The van der Waals surface area contributed by atoms with Gasteiger partial charge in [0.25, 0.3) is 11.8 Å². The van der Waals surface area contributed by atoms with E-state index in [9.17, 15) is 14.4 Å². The van der Waals surface area contributed by atoms with E-state index in [4.69, 9.17) is 9.15 Å². The van der Waals surface area contributed by atoms with E-state index >= 15 is 0 Å². The first-order valence-corrected chi connectivity index (χ1v) is 10.1. The van der Waals surface area contributed by atoms with Gasteiger partial charge in [-0.15, -0.1) is 0 Å². The number of hydrogen-bond acceptors (Lipinski definition) is 7. The molecule has 1 aromatic carbocycles. The molecule has 3 heterocycles. The summed E-state index contributed by atoms with van der Waals surface area (Å²) in [6.45, 7) is 2.97. The SMILES string of the molecule is CC(=O)ONC(=O)c1c[nH]c(-c2cc(Oc3cccc(NC(=O)c4occc4C)c3)ccn2)c1. The zero-order chi connectivity index (χ0) is 24.1. The first-order valence-electron chi connectivity index (χ1n) is 10.1. The Labute approximate surface area is 193 Å². The molecule has 0 aliphatic heterocycles. The number of benzene rings is 1. The molecule has 3 aromatic heterocycles. The molecule has 0 aliphatic carbocycles. The first kappa shape index (κ1) is 22.3. The number of aromatic nitrogens is 2. The van der Waals surface area contributed by atoms with Crippen molar-refractivity contribution in [2.75, 3.05) is 5.32 Å². The predicted octanol–water partition coefficient (Wildman–Crippen LogP) is 4.23. The molecule has 2 amide bonds. The Morgan fingerprint density at radius 1 is 1.03 bits per heavy atom. The molecular formula is C24H20N4O6. The van der Waals surface area contributed by atoms with Crippen LogP contribution in [0.15, 0.2) is 71.6 Å². The summed E-state index contributed by atoms with van der Waals surface area (Å²) in [6.07, 6.45) is 4.50. The van der Waals surface area contributed by atoms with Crippen molar-refractivity contribution in [2.24, 2.45) is 0 Å². The van der Waals surface area contributed by atoms with Gasteiger partial charge < -0.3 is 24.3 Å². The number of pyridine rings is 1. The van der Waals surface area contributed by atoms with E-state index in [0.29, 0.717) is 28.6 Å². The molecule has 4 rings (SSSR count). The molecular weight excluding hydrogens is 440 g/mol. The summed E-state index contributed by atoms with van der Waals surface area (Å²) in [7, 11) is 0. The highest BCUT2D eigenvalue weighted by atomic mass is 16.7. The third-order valence-electron chi connectivity index (χ3n) is 4.64. The van der Waals surface area contributed by atoms with Crippen molar-refractivity contribution in [3.05, 3.63) is 84.1 Å². The van der Waals surface area contributed by atoms with E-state index in [1.54, 1.807) is 61.7 Å². The summed E-state index contributed by atoms with van der Waals surface area (Å²) >= 11 is 0. The lowest BCUT2D eigenvalue weighted by Gasteiger charge is -2.09. The molecule has 4 aromatic rings. The number of amides is 2. The van der Waals surface area contributed by atoms with Crippen molar-refractivity contribution in [1.29, 1.82) is 0 Å². The molecule has 0 fully saturated rings. The largest absolute Gasteiger partial charge is 0.459 e. The maximum absolute atomic E-state index is 12.4. The number of carbonyl (C=O) groups is 3. The number of anilines is 1. The molecule has 10 heteroatoms. The molecule has 172 valence electrons. The van der Waals surface area contributed by atoms with Gasteiger partial charge in [0.15, 0.2) is 5.76 Å². The van der Waals surface area contributed by atoms with E-state index in [1.807, 2.05) is 5.48 Å². The van der Waals surface area contributed by atoms with Crippen molar-refractivity contribution >= 4 is 23.5 Å². The first-order chi connectivity index (χ1) is 16.4. The molecule has 0 atom stereocenters. The van der Waals surface area contributed by atoms with Crippen LogP contribution in [0.3, 0.4) is 0 Å². The fourth-order valence-electron chi connectivity index (χ4n) is 3.04. The number of nitrogens with one attached hydrogen (secondary N) is 3. The molecule has 34 heavy (non-hydrogen) atoms. The second-order valence-corrected chi connectivity index (χ2v) is 7.22. The van der Waals surface area contributed by atoms with Crippen molar-refractivity contribution < 1.29 is 28.4 Å². The Hall–Kier alpha value is -4.86. The average Bonchev–Trinajstić information content (AvgIpc) is 3.47. The van der Waals surface area contributed by atoms with Gasteiger partial charge in [-0.25, -0.2) is 0 Å². The molecule has 0 unspecified atom stereocenters. The number of aryl methyl sites for hydroxylation is 1. The van der Waals surface area contributed by atoms with Crippen LogP contribution in [0.1, 0.15) is 33.4 Å². The summed E-state index contributed by atoms with van der Waals surface area (Å²) in [6, 6.07) is 13.6. The summed E-state index contributed by atoms with van der Waals surface area (Å²) in [5.41, 5.74) is 4.69. The van der Waals surface area contributed by atoms with Gasteiger partial charge in [-0.1, -0.05) is 6.07 Å². The Kier molecular flexibility index (Phi) is 6.40. The van der Waals surface area contributed by atoms with Crippen LogP contribution in [-0.4, -0.2) is 27.8 Å². The maximum atomic E-state index is 12.4. The Morgan fingerprint density at radius 2 is 1.85 bits per heavy atom. The van der Waals surface area contributed by atoms with Crippen molar-refractivity contribution in [1.82, 2.24) is 15.4 Å². The minimum atomic E-state index is -0.629. The molecule has 0 radical (unpaired) electrons. The molecule has 10 nitrogen and oxygen atoms in total. The third kappa shape index (κ3) is 5.30. The predicted molar refractivity (Wildman–Crippen MR) is 121 cm³/mol. The van der Waals surface area contributed by atoms with Crippen molar-refractivity contribution in [3.63, 3.8) is 0 Å². The number of nitrogens with zero attached hydrogens (tertiary/aromatic N) is 1. The van der Waals surface area contributed by atoms with E-state index in [1.165, 1.54) is 19.4 Å². The minimum absolute atomic E-state index is 0.247. The van der Waals surface area contributed by atoms with Gasteiger partial charge in [0, 0.05) is 42.7 Å². The molecule has 0 saturated heterocycles. The Morgan fingerprint density at radius 3 is 2.62 bits per heavy atom. The normalized spacial score (nSPS) is 10.4. The lowest BCUT2D eigenvalue weighted by atomic mass is 10.2. The number of H-pyrrole nitrogens is 1. The number of rotatable bonds is 6. The highest BCUT2D eigenvalue weighted by Gasteiger charge is 2.14. The Balaban J connectivity index is 1.45. The van der Waals surface area contributed by atoms with E-state index < -0.39 is 11.9 Å². The van der Waals surface area contributed by atoms with Gasteiger partial charge >= 0.3 is 5.97 Å². The van der Waals surface area contributed by atoms with Crippen LogP contribution in [0, 0.1) is 6.92 Å². The van der Waals surface area contributed by atoms with Crippen molar-refractivity contribution in [2.45, 2.75) is 13.8 Å². The highest BCUT2D eigenvalue weighted by molar-refractivity contribution is 6.03. The van der Waals surface area contributed by atoms with Gasteiger partial charge in [-0.3, -0.25) is 19.4 Å². The average molecular weight is 460 g/mol. The monoisotopic (exact) mass is 460 g/mol. The van der Waals surface area contributed by atoms with Gasteiger partial charge in [-0.2, -0.15) is 5.48 Å². The van der Waals surface area contributed by atoms with Crippen LogP contribution in [-0.2, 0) is 9.63 Å². The Bertz CT molecular complexity index is 1360. The van der Waals surface area contributed by atoms with E-state index in [2.05, 4.69) is 20.1 Å². The fraction of sp³-hybridized carbons (Fsp3) is 0.0833. The fourth-order valence-corrected chi connectivity index (χ4v) is 3.04. The summed E-state index contributed by atoms with van der Waals surface area (Å²) in [5, 5.41) is 2.78. The summed E-state index contributed by atoms with van der Waals surface area (Å²) in [4.78, 5) is 47.0. The summed E-state index contributed by atoms with van der Waals surface area (Å²) < 4.78 is 11.2. The quantitative estimate of drug-likeness (QED) is 0.366.